The molecule has 0 radical (unpaired) electrons. The summed E-state index contributed by atoms with van der Waals surface area (Å²) in [6, 6.07) is 8.05. The number of hydrogen-bond acceptors (Lipinski definition) is 3. The second-order valence-electron chi connectivity index (χ2n) is 7.19. The van der Waals surface area contributed by atoms with E-state index in [0.717, 1.165) is 44.8 Å². The van der Waals surface area contributed by atoms with Gasteiger partial charge in [-0.3, -0.25) is 4.79 Å². The van der Waals surface area contributed by atoms with Crippen LogP contribution in [0.15, 0.2) is 24.3 Å². The van der Waals surface area contributed by atoms with Gasteiger partial charge in [0.05, 0.1) is 7.11 Å². The van der Waals surface area contributed by atoms with Gasteiger partial charge in [0.2, 0.25) is 5.91 Å². The van der Waals surface area contributed by atoms with E-state index in [2.05, 4.69) is 23.2 Å². The van der Waals surface area contributed by atoms with E-state index >= 15 is 0 Å². The smallest absolute Gasteiger partial charge is 0.223 e. The van der Waals surface area contributed by atoms with Crippen molar-refractivity contribution in [3.05, 3.63) is 29.8 Å². The Morgan fingerprint density at radius 3 is 2.71 bits per heavy atom. The van der Waals surface area contributed by atoms with Crippen molar-refractivity contribution in [1.29, 1.82) is 0 Å². The van der Waals surface area contributed by atoms with Crippen LogP contribution in [0.3, 0.4) is 0 Å². The van der Waals surface area contributed by atoms with E-state index in [0.29, 0.717) is 17.7 Å². The summed E-state index contributed by atoms with van der Waals surface area (Å²) in [4.78, 5) is 14.7. The van der Waals surface area contributed by atoms with Gasteiger partial charge in [-0.05, 0) is 54.8 Å². The summed E-state index contributed by atoms with van der Waals surface area (Å²) < 4.78 is 5.28. The molecule has 24 heavy (non-hydrogen) atoms. The summed E-state index contributed by atoms with van der Waals surface area (Å²) in [5, 5.41) is 3.48. The standard InChI is InChI=1S/C19H28N2O2.ClH/c1-15(16-4-3-5-17(13-16)23-2)12-18(22)21-10-7-19(8-11-21)6-9-20-14-19;/h3-5,13,15,20H,6-12,14H2,1-2H3;1H. The van der Waals surface area contributed by atoms with E-state index in [1.807, 2.05) is 18.2 Å². The van der Waals surface area contributed by atoms with Crippen molar-refractivity contribution in [2.45, 2.75) is 38.5 Å². The van der Waals surface area contributed by atoms with Crippen molar-refractivity contribution in [3.63, 3.8) is 0 Å². The van der Waals surface area contributed by atoms with Crippen molar-refractivity contribution in [3.8, 4) is 5.75 Å². The van der Waals surface area contributed by atoms with Crippen LogP contribution in [-0.4, -0.2) is 44.1 Å². The first-order valence-corrected chi connectivity index (χ1v) is 8.74. The van der Waals surface area contributed by atoms with E-state index in [-0.39, 0.29) is 18.3 Å². The molecule has 2 fully saturated rings. The van der Waals surface area contributed by atoms with Gasteiger partial charge in [-0.1, -0.05) is 19.1 Å². The summed E-state index contributed by atoms with van der Waals surface area (Å²) in [7, 11) is 1.68. The zero-order valence-corrected chi connectivity index (χ0v) is 15.5. The van der Waals surface area contributed by atoms with Crippen molar-refractivity contribution in [1.82, 2.24) is 10.2 Å². The Balaban J connectivity index is 0.00000208. The van der Waals surface area contributed by atoms with Crippen LogP contribution in [0, 0.1) is 5.41 Å². The van der Waals surface area contributed by atoms with Crippen LogP contribution in [0.5, 0.6) is 5.75 Å². The highest BCUT2D eigenvalue weighted by molar-refractivity contribution is 5.85. The number of piperidine rings is 1. The monoisotopic (exact) mass is 352 g/mol. The molecule has 2 aliphatic heterocycles. The first-order chi connectivity index (χ1) is 11.1. The Bertz CT molecular complexity index is 548. The number of likely N-dealkylation sites (tertiary alicyclic amines) is 1. The third-order valence-corrected chi connectivity index (χ3v) is 5.65. The van der Waals surface area contributed by atoms with Crippen LogP contribution in [0.1, 0.15) is 44.1 Å². The largest absolute Gasteiger partial charge is 0.497 e. The van der Waals surface area contributed by atoms with Gasteiger partial charge in [0.1, 0.15) is 5.75 Å². The first kappa shape index (κ1) is 19.1. The fourth-order valence-corrected chi connectivity index (χ4v) is 3.91. The third-order valence-electron chi connectivity index (χ3n) is 5.65. The van der Waals surface area contributed by atoms with Gasteiger partial charge >= 0.3 is 0 Å². The minimum Gasteiger partial charge on any atom is -0.497 e. The molecule has 1 aromatic carbocycles. The van der Waals surface area contributed by atoms with Crippen molar-refractivity contribution < 1.29 is 9.53 Å². The Hall–Kier alpha value is -1.26. The van der Waals surface area contributed by atoms with Crippen LogP contribution >= 0.6 is 12.4 Å². The molecule has 4 nitrogen and oxygen atoms in total. The van der Waals surface area contributed by atoms with Crippen molar-refractivity contribution in [2.24, 2.45) is 5.41 Å². The van der Waals surface area contributed by atoms with E-state index in [1.165, 1.54) is 12.0 Å². The van der Waals surface area contributed by atoms with Crippen LogP contribution in [0.2, 0.25) is 0 Å². The molecule has 1 N–H and O–H groups in total. The molecule has 1 unspecified atom stereocenters. The highest BCUT2D eigenvalue weighted by Gasteiger charge is 2.38. The number of rotatable bonds is 4. The maximum Gasteiger partial charge on any atom is 0.223 e. The molecular weight excluding hydrogens is 324 g/mol. The molecule has 5 heteroatoms. The summed E-state index contributed by atoms with van der Waals surface area (Å²) in [6.07, 6.45) is 4.16. The maximum atomic E-state index is 12.6. The molecule has 0 aromatic heterocycles. The minimum atomic E-state index is 0. The lowest BCUT2D eigenvalue weighted by Gasteiger charge is -2.39. The van der Waals surface area contributed by atoms with Crippen LogP contribution < -0.4 is 10.1 Å². The predicted octanol–water partition coefficient (Wildman–Crippen LogP) is 3.21. The van der Waals surface area contributed by atoms with Crippen LogP contribution in [0.4, 0.5) is 0 Å². The number of nitrogens with zero attached hydrogens (tertiary/aromatic N) is 1. The second-order valence-corrected chi connectivity index (χ2v) is 7.19. The molecule has 1 atom stereocenters. The molecule has 0 bridgehead atoms. The fraction of sp³-hybridized carbons (Fsp3) is 0.632. The van der Waals surface area contributed by atoms with Crippen LogP contribution in [-0.2, 0) is 4.79 Å². The van der Waals surface area contributed by atoms with Crippen LogP contribution in [0.25, 0.3) is 0 Å². The SMILES string of the molecule is COc1cccc(C(C)CC(=O)N2CCC3(CCNC3)CC2)c1.Cl. The third kappa shape index (κ3) is 4.22. The minimum absolute atomic E-state index is 0. The Morgan fingerprint density at radius 2 is 2.08 bits per heavy atom. The van der Waals surface area contributed by atoms with Gasteiger partial charge in [0.25, 0.3) is 0 Å². The molecule has 1 amide bonds. The Labute approximate surface area is 151 Å². The Kier molecular flexibility index (Phi) is 6.53. The molecule has 3 rings (SSSR count). The highest BCUT2D eigenvalue weighted by Crippen LogP contribution is 2.37. The number of hydrogen-bond donors (Lipinski definition) is 1. The molecule has 2 aliphatic rings. The van der Waals surface area contributed by atoms with E-state index < -0.39 is 0 Å². The van der Waals surface area contributed by atoms with Gasteiger partial charge < -0.3 is 15.0 Å². The molecule has 1 spiro atoms. The van der Waals surface area contributed by atoms with Crippen molar-refractivity contribution >= 4 is 18.3 Å². The van der Waals surface area contributed by atoms with E-state index in [9.17, 15) is 4.79 Å². The van der Waals surface area contributed by atoms with E-state index in [1.54, 1.807) is 7.11 Å². The number of halogens is 1. The van der Waals surface area contributed by atoms with Crippen molar-refractivity contribution in [2.75, 3.05) is 33.3 Å². The van der Waals surface area contributed by atoms with Gasteiger partial charge in [0, 0.05) is 26.1 Å². The first-order valence-electron chi connectivity index (χ1n) is 8.74. The summed E-state index contributed by atoms with van der Waals surface area (Å²) in [5.74, 6) is 1.37. The average molecular weight is 353 g/mol. The van der Waals surface area contributed by atoms with E-state index in [4.69, 9.17) is 4.74 Å². The second kappa shape index (κ2) is 8.21. The maximum absolute atomic E-state index is 12.6. The number of ether oxygens (including phenoxy) is 1. The zero-order chi connectivity index (χ0) is 16.3. The number of methoxy groups -OCH3 is 1. The lowest BCUT2D eigenvalue weighted by molar-refractivity contribution is -0.133. The molecule has 0 aliphatic carbocycles. The van der Waals surface area contributed by atoms with Gasteiger partial charge in [0.15, 0.2) is 0 Å². The Morgan fingerprint density at radius 1 is 1.33 bits per heavy atom. The average Bonchev–Trinajstić information content (AvgIpc) is 3.03. The predicted molar refractivity (Wildman–Crippen MR) is 99.0 cm³/mol. The lowest BCUT2D eigenvalue weighted by atomic mass is 9.77. The summed E-state index contributed by atoms with van der Waals surface area (Å²) >= 11 is 0. The number of nitrogens with one attached hydrogen (secondary N) is 1. The molecule has 1 aromatic rings. The van der Waals surface area contributed by atoms with Gasteiger partial charge in [-0.2, -0.15) is 0 Å². The molecule has 0 saturated carbocycles. The quantitative estimate of drug-likeness (QED) is 0.904. The van der Waals surface area contributed by atoms with Gasteiger partial charge in [-0.15, -0.1) is 12.4 Å². The number of carbonyl (C=O) groups is 1. The highest BCUT2D eigenvalue weighted by atomic mass is 35.5. The van der Waals surface area contributed by atoms with Gasteiger partial charge in [-0.25, -0.2) is 0 Å². The lowest BCUT2D eigenvalue weighted by Crippen LogP contribution is -2.44. The molecule has 2 saturated heterocycles. The molecule has 2 heterocycles. The summed E-state index contributed by atoms with van der Waals surface area (Å²) in [5.41, 5.74) is 1.64. The molecular formula is C19H29ClN2O2. The number of benzene rings is 1. The summed E-state index contributed by atoms with van der Waals surface area (Å²) in [6.45, 7) is 6.24. The molecule has 134 valence electrons. The normalized spacial score (nSPS) is 20.5. The fourth-order valence-electron chi connectivity index (χ4n) is 3.91. The topological polar surface area (TPSA) is 41.6 Å². The zero-order valence-electron chi connectivity index (χ0n) is 14.7. The number of amides is 1. The number of carbonyl (C=O) groups excluding carboxylic acids is 1.